The maximum Gasteiger partial charge on any atom is 0.407 e. The van der Waals surface area contributed by atoms with Gasteiger partial charge in [-0.15, -0.1) is 12.4 Å². The molecule has 21 heteroatoms. The molecular formula is C70H76Cl4N6O11. The number of amides is 5. The van der Waals surface area contributed by atoms with Gasteiger partial charge in [-0.2, -0.15) is 0 Å². The van der Waals surface area contributed by atoms with Crippen molar-refractivity contribution in [3.63, 3.8) is 0 Å². The van der Waals surface area contributed by atoms with E-state index in [9.17, 15) is 29.1 Å². The average Bonchev–Trinajstić information content (AvgIpc) is 0.973. The number of nitrogens with two attached hydrogens (primary N) is 1. The molecule has 0 aromatic heterocycles. The largest absolute Gasteiger partial charge is 0.507 e. The first kappa shape index (κ1) is 72.9. The number of hydrogen-bond donors (Lipinski definition) is 8. The molecule has 0 aliphatic heterocycles. The molecule has 9 N–H and O–H groups in total. The van der Waals surface area contributed by atoms with E-state index < -0.39 is 23.4 Å². The summed E-state index contributed by atoms with van der Waals surface area (Å²) < 4.78 is 21.9. The molecule has 0 aliphatic carbocycles. The van der Waals surface area contributed by atoms with Crippen molar-refractivity contribution < 1.29 is 53.1 Å². The Morgan fingerprint density at radius 3 is 1.09 bits per heavy atom. The van der Waals surface area contributed by atoms with Crippen molar-refractivity contribution in [3.05, 3.63) is 214 Å². The topological polar surface area (TPSA) is 249 Å². The number of ether oxygens (including phenoxy) is 4. The Kier molecular flexibility index (Phi) is 29.0. The van der Waals surface area contributed by atoms with E-state index in [-0.39, 0.29) is 48.0 Å². The first-order chi connectivity index (χ1) is 43.0. The van der Waals surface area contributed by atoms with Crippen LogP contribution in [0.5, 0.6) is 17.2 Å². The predicted molar refractivity (Wildman–Crippen MR) is 368 cm³/mol. The molecule has 0 saturated carbocycles. The molecule has 0 bridgehead atoms. The number of rotatable bonds is 18. The third-order valence-corrected chi connectivity index (χ3v) is 13.2. The van der Waals surface area contributed by atoms with Crippen LogP contribution < -0.4 is 41.8 Å². The lowest BCUT2D eigenvalue weighted by molar-refractivity contribution is 0.0513. The Balaban J connectivity index is 0.000000230. The van der Waals surface area contributed by atoms with Crippen LogP contribution in [0.15, 0.2) is 182 Å². The molecule has 9 aromatic rings. The molecule has 480 valence electrons. The first-order valence-corrected chi connectivity index (χ1v) is 30.1. The van der Waals surface area contributed by atoms with E-state index in [4.69, 9.17) is 64.6 Å². The second-order valence-corrected chi connectivity index (χ2v) is 23.4. The molecule has 0 aliphatic rings. The van der Waals surface area contributed by atoms with Crippen LogP contribution in [-0.2, 0) is 9.47 Å². The van der Waals surface area contributed by atoms with Gasteiger partial charge in [0.25, 0.3) is 17.7 Å². The zero-order valence-corrected chi connectivity index (χ0v) is 54.5. The number of halogens is 4. The second-order valence-electron chi connectivity index (χ2n) is 22.1. The molecule has 0 saturated heterocycles. The summed E-state index contributed by atoms with van der Waals surface area (Å²) in [6.07, 6.45) is 0.941. The summed E-state index contributed by atoms with van der Waals surface area (Å²) >= 11 is 17.6. The van der Waals surface area contributed by atoms with Crippen LogP contribution in [0.2, 0.25) is 15.1 Å². The first-order valence-electron chi connectivity index (χ1n) is 29.0. The lowest BCUT2D eigenvalue weighted by atomic mass is 10.1. The van der Waals surface area contributed by atoms with Crippen LogP contribution in [0.1, 0.15) is 91.9 Å². The maximum absolute atomic E-state index is 13.0. The molecule has 0 heterocycles. The van der Waals surface area contributed by atoms with Gasteiger partial charge in [-0.05, 0) is 209 Å². The van der Waals surface area contributed by atoms with Gasteiger partial charge in [0.2, 0.25) is 0 Å². The highest BCUT2D eigenvalue weighted by atomic mass is 35.5. The van der Waals surface area contributed by atoms with Crippen LogP contribution in [0.25, 0.3) is 32.3 Å². The Bertz CT molecular complexity index is 3840. The minimum Gasteiger partial charge on any atom is -0.507 e. The van der Waals surface area contributed by atoms with E-state index in [0.29, 0.717) is 100 Å². The van der Waals surface area contributed by atoms with Crippen molar-refractivity contribution in [1.82, 2.24) is 10.6 Å². The number of carbonyl (C=O) groups is 5. The number of benzene rings is 9. The Labute approximate surface area is 551 Å². The van der Waals surface area contributed by atoms with Crippen molar-refractivity contribution in [2.24, 2.45) is 5.73 Å². The molecule has 5 amide bonds. The van der Waals surface area contributed by atoms with Crippen LogP contribution in [-0.4, -0.2) is 90.8 Å². The fourth-order valence-electron chi connectivity index (χ4n) is 8.25. The van der Waals surface area contributed by atoms with E-state index >= 15 is 0 Å². The molecule has 0 radical (unpaired) electrons. The van der Waals surface area contributed by atoms with Gasteiger partial charge in [-0.25, -0.2) is 9.59 Å². The smallest absolute Gasteiger partial charge is 0.407 e. The van der Waals surface area contributed by atoms with E-state index in [1.807, 2.05) is 118 Å². The van der Waals surface area contributed by atoms with E-state index in [0.717, 1.165) is 38.7 Å². The Hall–Kier alpha value is -8.81. The number of hydrogen-bond acceptors (Lipinski definition) is 12. The summed E-state index contributed by atoms with van der Waals surface area (Å²) in [6, 6.07) is 54.6. The molecule has 0 atom stereocenters. The fraction of sp³-hybridized carbons (Fsp3) is 0.243. The van der Waals surface area contributed by atoms with E-state index in [1.165, 1.54) is 0 Å². The quantitative estimate of drug-likeness (QED) is 0.0374. The zero-order chi connectivity index (χ0) is 65.2. The van der Waals surface area contributed by atoms with Crippen molar-refractivity contribution in [1.29, 1.82) is 0 Å². The normalized spacial score (nSPS) is 10.7. The van der Waals surface area contributed by atoms with Gasteiger partial charge >= 0.3 is 12.2 Å². The monoisotopic (exact) mass is 1320 g/mol. The van der Waals surface area contributed by atoms with Gasteiger partial charge in [0.05, 0.1) is 29.9 Å². The molecule has 17 nitrogen and oxygen atoms in total. The van der Waals surface area contributed by atoms with Gasteiger partial charge in [-0.3, -0.25) is 14.4 Å². The molecule has 9 rings (SSSR count). The number of phenols is 1. The summed E-state index contributed by atoms with van der Waals surface area (Å²) in [5.41, 5.74) is 7.62. The standard InChI is InChI=1S/C25H27ClN2O4.C20H19ClN2O2.C17H12ClNO2.C8H17NO3.ClH/c1-25(2,3)32-24(30)27-13-6-14-31-22-16-18-8-5-4-7-17(18)15-21(22)23(29)28-20-11-9-19(26)10-12-20;21-16-6-8-17(9-7-16)23-20(24)18-12-14-4-1-2-5-15(14)13-19(18)25-11-3-10-22;18-13-5-7-14(8-6-13)19-17(21)15-9-11-3-1-2-4-12(11)10-16(15)20;1-8(2,3)12-7(11)9-5-4-6-10;/h4-5,7-12,15-16H,6,13-14H2,1-3H3,(H,27,30)(H,28,29);1-2,4-9,12-13H,3,10-11,22H2,(H,23,24);1-10,20H,(H,19,21);10H,4-6H2,1-3H3,(H,9,11);1H. The van der Waals surface area contributed by atoms with Crippen molar-refractivity contribution >= 4 is 126 Å². The van der Waals surface area contributed by atoms with Crippen LogP contribution in [0, 0.1) is 0 Å². The number of anilines is 3. The molecule has 0 fully saturated rings. The highest BCUT2D eigenvalue weighted by Crippen LogP contribution is 2.31. The molecule has 0 spiro atoms. The second kappa shape index (κ2) is 36.1. The number of aliphatic hydroxyl groups is 1. The summed E-state index contributed by atoms with van der Waals surface area (Å²) in [7, 11) is 0. The number of carbonyl (C=O) groups excluding carboxylic acids is 5. The minimum atomic E-state index is -0.544. The molecule has 9 aromatic carbocycles. The zero-order valence-electron chi connectivity index (χ0n) is 51.4. The van der Waals surface area contributed by atoms with Crippen molar-refractivity contribution in [3.8, 4) is 17.2 Å². The van der Waals surface area contributed by atoms with Crippen LogP contribution in [0.4, 0.5) is 26.7 Å². The van der Waals surface area contributed by atoms with Gasteiger partial charge in [0.15, 0.2) is 0 Å². The number of alkyl carbamates (subject to hydrolysis) is 2. The SMILES string of the molecule is CC(C)(C)OC(=O)NCCCO.CC(C)(C)OC(=O)NCCCOc1cc2ccccc2cc1C(=O)Nc1ccc(Cl)cc1.Cl.NCCCOc1cc2ccccc2cc1C(=O)Nc1ccc(Cl)cc1.O=C(Nc1ccc(Cl)cc1)c1cc2ccccc2cc1O. The van der Waals surface area contributed by atoms with Gasteiger partial charge in [0.1, 0.15) is 28.5 Å². The molecular weight excluding hydrogens is 1240 g/mol. The number of fused-ring (bicyclic) bond motifs is 3. The third-order valence-electron chi connectivity index (χ3n) is 12.5. The summed E-state index contributed by atoms with van der Waals surface area (Å²) in [6.45, 7) is 13.1. The highest BCUT2D eigenvalue weighted by molar-refractivity contribution is 6.31. The van der Waals surface area contributed by atoms with Gasteiger partial charge in [0, 0.05) is 51.8 Å². The van der Waals surface area contributed by atoms with Crippen molar-refractivity contribution in [2.45, 2.75) is 72.0 Å². The lowest BCUT2D eigenvalue weighted by Crippen LogP contribution is -2.33. The molecule has 91 heavy (non-hydrogen) atoms. The number of phenolic OH excluding ortho intramolecular Hbond substituents is 1. The van der Waals surface area contributed by atoms with Gasteiger partial charge in [-0.1, -0.05) is 108 Å². The Morgan fingerprint density at radius 1 is 0.440 bits per heavy atom. The van der Waals surface area contributed by atoms with E-state index in [2.05, 4.69) is 26.6 Å². The molecule has 0 unspecified atom stereocenters. The van der Waals surface area contributed by atoms with Crippen LogP contribution >= 0.6 is 47.2 Å². The number of aromatic hydroxyl groups is 1. The van der Waals surface area contributed by atoms with E-state index in [1.54, 1.807) is 106 Å². The van der Waals surface area contributed by atoms with Crippen molar-refractivity contribution in [2.75, 3.05) is 55.4 Å². The highest BCUT2D eigenvalue weighted by Gasteiger charge is 2.20. The third kappa shape index (κ3) is 25.2. The summed E-state index contributed by atoms with van der Waals surface area (Å²) in [4.78, 5) is 60.6. The summed E-state index contributed by atoms with van der Waals surface area (Å²) in [5, 5.41) is 39.7. The fourth-order valence-corrected chi connectivity index (χ4v) is 8.62. The van der Waals surface area contributed by atoms with Crippen LogP contribution in [0.3, 0.4) is 0 Å². The lowest BCUT2D eigenvalue weighted by Gasteiger charge is -2.19. The Morgan fingerprint density at radius 2 is 0.747 bits per heavy atom. The number of aliphatic hydroxyl groups excluding tert-OH is 1. The van der Waals surface area contributed by atoms with Gasteiger partial charge < -0.3 is 61.5 Å². The average molecular weight is 1320 g/mol. The minimum absolute atomic E-state index is 0. The maximum atomic E-state index is 13.0. The number of nitrogens with one attached hydrogen (secondary N) is 5. The summed E-state index contributed by atoms with van der Waals surface area (Å²) in [5.74, 6) is 0.127. The predicted octanol–water partition coefficient (Wildman–Crippen LogP) is 16.3.